The van der Waals surface area contributed by atoms with Crippen molar-refractivity contribution in [2.24, 2.45) is 0 Å². The summed E-state index contributed by atoms with van der Waals surface area (Å²) in [4.78, 5) is 12.1. The zero-order valence-corrected chi connectivity index (χ0v) is 9.77. The molecule has 1 aromatic carbocycles. The Morgan fingerprint density at radius 2 is 1.89 bits per heavy atom. The molecule has 1 heterocycles. The second kappa shape index (κ2) is 4.65. The lowest BCUT2D eigenvalue weighted by atomic mass is 9.74. The van der Waals surface area contributed by atoms with Gasteiger partial charge in [-0.2, -0.15) is 5.26 Å². The second-order valence-electron chi connectivity index (χ2n) is 4.47. The molecule has 5 heteroatoms. The number of halogens is 1. The Balaban J connectivity index is 2.22. The second-order valence-corrected chi connectivity index (χ2v) is 4.47. The summed E-state index contributed by atoms with van der Waals surface area (Å²) in [5.41, 5.74) is 0.0658. The molecule has 0 aliphatic carbocycles. The van der Waals surface area contributed by atoms with Crippen LogP contribution < -0.4 is 0 Å². The Morgan fingerprint density at radius 1 is 1.33 bits per heavy atom. The minimum atomic E-state index is -0.958. The first kappa shape index (κ1) is 12.4. The van der Waals surface area contributed by atoms with E-state index in [0.29, 0.717) is 25.9 Å². The van der Waals surface area contributed by atoms with Crippen molar-refractivity contribution < 1.29 is 14.3 Å². The SMILES string of the molecule is N#CC1(c2ccc(F)cc2)CCN(C(=O)O)CC1. The monoisotopic (exact) mass is 248 g/mol. The normalized spacial score (nSPS) is 18.1. The highest BCUT2D eigenvalue weighted by Gasteiger charge is 2.37. The standard InChI is InChI=1S/C13H13FN2O2/c14-11-3-1-10(2-4-11)13(9-15)5-7-16(8-6-13)12(17)18/h1-4H,5-8H2,(H,17,18). The third-order valence-corrected chi connectivity index (χ3v) is 3.50. The smallest absolute Gasteiger partial charge is 0.407 e. The minimum absolute atomic E-state index is 0.334. The highest BCUT2D eigenvalue weighted by molar-refractivity contribution is 5.65. The number of carboxylic acid groups (broad SMARTS) is 1. The number of nitrogens with zero attached hydrogens (tertiary/aromatic N) is 2. The first-order valence-corrected chi connectivity index (χ1v) is 5.72. The lowest BCUT2D eigenvalue weighted by Crippen LogP contribution is -2.44. The minimum Gasteiger partial charge on any atom is -0.465 e. The van der Waals surface area contributed by atoms with E-state index in [0.717, 1.165) is 5.56 Å². The summed E-state index contributed by atoms with van der Waals surface area (Å²) in [6, 6.07) is 8.15. The molecule has 1 amide bonds. The van der Waals surface area contributed by atoms with Gasteiger partial charge in [-0.1, -0.05) is 12.1 Å². The molecule has 1 N–H and O–H groups in total. The fourth-order valence-corrected chi connectivity index (χ4v) is 2.31. The van der Waals surface area contributed by atoms with E-state index in [4.69, 9.17) is 5.11 Å². The summed E-state index contributed by atoms with van der Waals surface area (Å²) in [5, 5.41) is 18.3. The Kier molecular flexibility index (Phi) is 3.19. The van der Waals surface area contributed by atoms with Gasteiger partial charge in [0, 0.05) is 13.1 Å². The molecule has 0 aromatic heterocycles. The van der Waals surface area contributed by atoms with Crippen LogP contribution in [0.1, 0.15) is 18.4 Å². The fraction of sp³-hybridized carbons (Fsp3) is 0.385. The maximum absolute atomic E-state index is 12.9. The molecule has 1 aliphatic rings. The average Bonchev–Trinajstić information content (AvgIpc) is 2.39. The first-order chi connectivity index (χ1) is 8.57. The van der Waals surface area contributed by atoms with Crippen LogP contribution in [0, 0.1) is 17.1 Å². The van der Waals surface area contributed by atoms with Crippen molar-refractivity contribution in [1.29, 1.82) is 5.26 Å². The van der Waals surface area contributed by atoms with E-state index in [-0.39, 0.29) is 5.82 Å². The lowest BCUT2D eigenvalue weighted by molar-refractivity contribution is 0.125. The number of hydrogen-bond donors (Lipinski definition) is 1. The largest absolute Gasteiger partial charge is 0.465 e. The zero-order valence-electron chi connectivity index (χ0n) is 9.77. The molecule has 1 fully saturated rings. The third kappa shape index (κ3) is 2.14. The van der Waals surface area contributed by atoms with Crippen molar-refractivity contribution in [2.45, 2.75) is 18.3 Å². The van der Waals surface area contributed by atoms with E-state index in [1.54, 1.807) is 12.1 Å². The van der Waals surface area contributed by atoms with Gasteiger partial charge in [0.25, 0.3) is 0 Å². The van der Waals surface area contributed by atoms with E-state index in [1.165, 1.54) is 17.0 Å². The highest BCUT2D eigenvalue weighted by Crippen LogP contribution is 2.34. The van der Waals surface area contributed by atoms with Crippen LogP contribution in [0.3, 0.4) is 0 Å². The van der Waals surface area contributed by atoms with E-state index < -0.39 is 11.5 Å². The number of likely N-dealkylation sites (tertiary alicyclic amines) is 1. The predicted molar refractivity (Wildman–Crippen MR) is 62.5 cm³/mol. The molecule has 1 aromatic rings. The number of hydrogen-bond acceptors (Lipinski definition) is 2. The van der Waals surface area contributed by atoms with E-state index in [9.17, 15) is 14.4 Å². The number of benzene rings is 1. The maximum Gasteiger partial charge on any atom is 0.407 e. The van der Waals surface area contributed by atoms with Gasteiger partial charge in [0.1, 0.15) is 5.82 Å². The molecule has 2 rings (SSSR count). The lowest BCUT2D eigenvalue weighted by Gasteiger charge is -2.36. The summed E-state index contributed by atoms with van der Waals surface area (Å²) >= 11 is 0. The van der Waals surface area contributed by atoms with Crippen LogP contribution in [-0.2, 0) is 5.41 Å². The molecule has 4 nitrogen and oxygen atoms in total. The van der Waals surface area contributed by atoms with Crippen LogP contribution in [0.2, 0.25) is 0 Å². The van der Waals surface area contributed by atoms with E-state index in [2.05, 4.69) is 6.07 Å². The molecule has 1 saturated heterocycles. The molecule has 0 atom stereocenters. The topological polar surface area (TPSA) is 64.3 Å². The van der Waals surface area contributed by atoms with Crippen LogP contribution in [0.4, 0.5) is 9.18 Å². The van der Waals surface area contributed by atoms with Gasteiger partial charge in [-0.3, -0.25) is 0 Å². The number of carbonyl (C=O) groups is 1. The summed E-state index contributed by atoms with van der Waals surface area (Å²) < 4.78 is 12.9. The van der Waals surface area contributed by atoms with Crippen LogP contribution in [0.15, 0.2) is 24.3 Å². The summed E-state index contributed by atoms with van der Waals surface area (Å²) in [6.45, 7) is 0.667. The van der Waals surface area contributed by atoms with Crippen LogP contribution in [-0.4, -0.2) is 29.2 Å². The van der Waals surface area contributed by atoms with Gasteiger partial charge in [-0.15, -0.1) is 0 Å². The van der Waals surface area contributed by atoms with Crippen LogP contribution >= 0.6 is 0 Å². The van der Waals surface area contributed by atoms with Crippen molar-refractivity contribution in [3.8, 4) is 6.07 Å². The first-order valence-electron chi connectivity index (χ1n) is 5.72. The van der Waals surface area contributed by atoms with Gasteiger partial charge in [-0.25, -0.2) is 9.18 Å². The Bertz CT molecular complexity index is 485. The summed E-state index contributed by atoms with van der Waals surface area (Å²) in [7, 11) is 0. The van der Waals surface area contributed by atoms with Gasteiger partial charge in [-0.05, 0) is 30.5 Å². The number of nitriles is 1. The number of rotatable bonds is 1. The van der Waals surface area contributed by atoms with Gasteiger partial charge in [0.15, 0.2) is 0 Å². The zero-order chi connectivity index (χ0) is 13.2. The van der Waals surface area contributed by atoms with Gasteiger partial charge < -0.3 is 10.0 Å². The van der Waals surface area contributed by atoms with Gasteiger partial charge >= 0.3 is 6.09 Å². The van der Waals surface area contributed by atoms with Crippen molar-refractivity contribution in [2.75, 3.05) is 13.1 Å². The highest BCUT2D eigenvalue weighted by atomic mass is 19.1. The van der Waals surface area contributed by atoms with Gasteiger partial charge in [0.05, 0.1) is 11.5 Å². The molecule has 1 aliphatic heterocycles. The molecular formula is C13H13FN2O2. The molecular weight excluding hydrogens is 235 g/mol. The Labute approximate surface area is 104 Å². The number of piperidine rings is 1. The van der Waals surface area contributed by atoms with Crippen LogP contribution in [0.25, 0.3) is 0 Å². The van der Waals surface area contributed by atoms with Gasteiger partial charge in [0.2, 0.25) is 0 Å². The fourth-order valence-electron chi connectivity index (χ4n) is 2.31. The van der Waals surface area contributed by atoms with E-state index >= 15 is 0 Å². The molecule has 94 valence electrons. The maximum atomic E-state index is 12.9. The molecule has 0 unspecified atom stereocenters. The average molecular weight is 248 g/mol. The molecule has 0 bridgehead atoms. The number of amides is 1. The molecule has 0 saturated carbocycles. The van der Waals surface area contributed by atoms with Crippen LogP contribution in [0.5, 0.6) is 0 Å². The third-order valence-electron chi connectivity index (χ3n) is 3.50. The Hall–Kier alpha value is -2.09. The Morgan fingerprint density at radius 3 is 2.33 bits per heavy atom. The molecule has 0 radical (unpaired) electrons. The summed E-state index contributed by atoms with van der Waals surface area (Å²) in [5.74, 6) is -0.338. The molecule has 18 heavy (non-hydrogen) atoms. The predicted octanol–water partition coefficient (Wildman–Crippen LogP) is 2.36. The van der Waals surface area contributed by atoms with Crippen molar-refractivity contribution in [1.82, 2.24) is 4.90 Å². The van der Waals surface area contributed by atoms with Crippen molar-refractivity contribution in [3.63, 3.8) is 0 Å². The van der Waals surface area contributed by atoms with Crippen molar-refractivity contribution in [3.05, 3.63) is 35.6 Å². The molecule has 0 spiro atoms. The summed E-state index contributed by atoms with van der Waals surface area (Å²) in [6.07, 6.45) is -0.0660. The van der Waals surface area contributed by atoms with E-state index in [1.807, 2.05) is 0 Å². The van der Waals surface area contributed by atoms with Crippen molar-refractivity contribution >= 4 is 6.09 Å². The quantitative estimate of drug-likeness (QED) is 0.829.